The van der Waals surface area contributed by atoms with E-state index in [-0.39, 0.29) is 5.56 Å². The van der Waals surface area contributed by atoms with E-state index in [1.807, 2.05) is 6.92 Å². The van der Waals surface area contributed by atoms with Crippen LogP contribution >= 0.6 is 0 Å². The SMILES string of the molecule is CCCc1ccc(F)c(C(=O)c2ccccc2NOC)c1F. The van der Waals surface area contributed by atoms with Crippen molar-refractivity contribution in [2.45, 2.75) is 19.8 Å². The summed E-state index contributed by atoms with van der Waals surface area (Å²) in [5, 5.41) is 0. The lowest BCUT2D eigenvalue weighted by atomic mass is 9.97. The second-order valence-corrected chi connectivity index (χ2v) is 4.83. The second-order valence-electron chi connectivity index (χ2n) is 4.83. The Bertz CT molecular complexity index is 686. The quantitative estimate of drug-likeness (QED) is 0.644. The highest BCUT2D eigenvalue weighted by molar-refractivity contribution is 6.12. The Balaban J connectivity index is 2.52. The number of carbonyl (C=O) groups is 1. The molecule has 3 nitrogen and oxygen atoms in total. The van der Waals surface area contributed by atoms with Gasteiger partial charge in [0, 0.05) is 5.56 Å². The number of para-hydroxylation sites is 1. The van der Waals surface area contributed by atoms with Gasteiger partial charge in [-0.3, -0.25) is 15.1 Å². The van der Waals surface area contributed by atoms with Crippen LogP contribution in [0.4, 0.5) is 14.5 Å². The Labute approximate surface area is 127 Å². The van der Waals surface area contributed by atoms with Gasteiger partial charge in [0.05, 0.1) is 18.4 Å². The topological polar surface area (TPSA) is 38.3 Å². The summed E-state index contributed by atoms with van der Waals surface area (Å²) in [6.45, 7) is 1.89. The number of anilines is 1. The van der Waals surface area contributed by atoms with Crippen molar-refractivity contribution in [2.24, 2.45) is 0 Å². The fourth-order valence-electron chi connectivity index (χ4n) is 2.28. The van der Waals surface area contributed by atoms with Crippen LogP contribution in [0, 0.1) is 11.6 Å². The van der Waals surface area contributed by atoms with Gasteiger partial charge in [0.25, 0.3) is 0 Å². The molecule has 0 unspecified atom stereocenters. The molecule has 1 N–H and O–H groups in total. The number of halogens is 2. The maximum absolute atomic E-state index is 14.5. The van der Waals surface area contributed by atoms with E-state index in [0.717, 1.165) is 6.07 Å². The molecule has 0 amide bonds. The standard InChI is InChI=1S/C17H17F2NO2/c1-3-6-11-9-10-13(18)15(16(11)19)17(21)12-7-4-5-8-14(12)20-22-2/h4-5,7-10,20H,3,6H2,1-2H3. The summed E-state index contributed by atoms with van der Waals surface area (Å²) in [7, 11) is 1.39. The predicted molar refractivity (Wildman–Crippen MR) is 80.9 cm³/mol. The number of carbonyl (C=O) groups excluding carboxylic acids is 1. The molecule has 116 valence electrons. The smallest absolute Gasteiger partial charge is 0.201 e. The maximum atomic E-state index is 14.5. The van der Waals surface area contributed by atoms with Crippen molar-refractivity contribution in [3.05, 3.63) is 64.7 Å². The van der Waals surface area contributed by atoms with Crippen LogP contribution in [0.2, 0.25) is 0 Å². The minimum Gasteiger partial charge on any atom is -0.288 e. The fourth-order valence-corrected chi connectivity index (χ4v) is 2.28. The first-order valence-corrected chi connectivity index (χ1v) is 6.99. The van der Waals surface area contributed by atoms with E-state index in [0.29, 0.717) is 24.1 Å². The zero-order valence-electron chi connectivity index (χ0n) is 12.5. The van der Waals surface area contributed by atoms with Crippen LogP contribution in [-0.2, 0) is 11.3 Å². The van der Waals surface area contributed by atoms with E-state index in [1.165, 1.54) is 19.2 Å². The monoisotopic (exact) mass is 305 g/mol. The largest absolute Gasteiger partial charge is 0.288 e. The summed E-state index contributed by atoms with van der Waals surface area (Å²) >= 11 is 0. The molecule has 22 heavy (non-hydrogen) atoms. The third-order valence-electron chi connectivity index (χ3n) is 3.30. The molecule has 2 aromatic carbocycles. The molecule has 2 aromatic rings. The molecule has 5 heteroatoms. The summed E-state index contributed by atoms with van der Waals surface area (Å²) in [6.07, 6.45) is 1.16. The van der Waals surface area contributed by atoms with Crippen LogP contribution < -0.4 is 5.48 Å². The van der Waals surface area contributed by atoms with Gasteiger partial charge in [0.1, 0.15) is 11.6 Å². The first kappa shape index (κ1) is 16.1. The molecular weight excluding hydrogens is 288 g/mol. The molecule has 0 aliphatic heterocycles. The Hall–Kier alpha value is -2.27. The van der Waals surface area contributed by atoms with Gasteiger partial charge in [-0.25, -0.2) is 8.78 Å². The summed E-state index contributed by atoms with van der Waals surface area (Å²) in [5.41, 5.74) is 2.85. The number of hydrogen-bond acceptors (Lipinski definition) is 3. The zero-order chi connectivity index (χ0) is 16.1. The summed E-state index contributed by atoms with van der Waals surface area (Å²) in [6, 6.07) is 8.92. The molecule has 0 aliphatic rings. The van der Waals surface area contributed by atoms with Gasteiger partial charge in [-0.15, -0.1) is 0 Å². The Morgan fingerprint density at radius 3 is 2.59 bits per heavy atom. The highest BCUT2D eigenvalue weighted by Crippen LogP contribution is 2.25. The average molecular weight is 305 g/mol. The van der Waals surface area contributed by atoms with Crippen LogP contribution in [-0.4, -0.2) is 12.9 Å². The van der Waals surface area contributed by atoms with Crippen molar-refractivity contribution in [3.63, 3.8) is 0 Å². The molecule has 0 aromatic heterocycles. The predicted octanol–water partition coefficient (Wildman–Crippen LogP) is 4.12. The lowest BCUT2D eigenvalue weighted by molar-refractivity contribution is 0.103. The molecular formula is C17H17F2NO2. The molecule has 0 saturated carbocycles. The van der Waals surface area contributed by atoms with Gasteiger partial charge >= 0.3 is 0 Å². The van der Waals surface area contributed by atoms with Crippen LogP contribution in [0.15, 0.2) is 36.4 Å². The minimum atomic E-state index is -0.866. The van der Waals surface area contributed by atoms with Gasteiger partial charge in [0.2, 0.25) is 5.78 Å². The van der Waals surface area contributed by atoms with Gasteiger partial charge in [0.15, 0.2) is 0 Å². The Kier molecular flexibility index (Phi) is 5.22. The number of rotatable bonds is 6. The molecule has 0 fully saturated rings. The number of hydrogen-bond donors (Lipinski definition) is 1. The van der Waals surface area contributed by atoms with Crippen LogP contribution in [0.3, 0.4) is 0 Å². The Morgan fingerprint density at radius 2 is 1.91 bits per heavy atom. The first-order valence-electron chi connectivity index (χ1n) is 6.99. The molecule has 2 rings (SSSR count). The summed E-state index contributed by atoms with van der Waals surface area (Å²) in [4.78, 5) is 17.4. The maximum Gasteiger partial charge on any atom is 0.201 e. The van der Waals surface area contributed by atoms with Crippen LogP contribution in [0.25, 0.3) is 0 Å². The van der Waals surface area contributed by atoms with Gasteiger partial charge in [-0.05, 0) is 30.2 Å². The van der Waals surface area contributed by atoms with Crippen molar-refractivity contribution >= 4 is 11.5 Å². The normalized spacial score (nSPS) is 10.5. The summed E-state index contributed by atoms with van der Waals surface area (Å²) in [5.74, 6) is -2.37. The molecule has 0 radical (unpaired) electrons. The van der Waals surface area contributed by atoms with Crippen LogP contribution in [0.5, 0.6) is 0 Å². The molecule has 0 bridgehead atoms. The van der Waals surface area contributed by atoms with Crippen molar-refractivity contribution < 1.29 is 18.4 Å². The van der Waals surface area contributed by atoms with Crippen molar-refractivity contribution in [1.29, 1.82) is 0 Å². The van der Waals surface area contributed by atoms with E-state index in [4.69, 9.17) is 4.84 Å². The van der Waals surface area contributed by atoms with E-state index >= 15 is 0 Å². The van der Waals surface area contributed by atoms with Crippen molar-refractivity contribution in [2.75, 3.05) is 12.6 Å². The van der Waals surface area contributed by atoms with Crippen molar-refractivity contribution in [3.8, 4) is 0 Å². The molecule has 0 saturated heterocycles. The van der Waals surface area contributed by atoms with Crippen molar-refractivity contribution in [1.82, 2.24) is 0 Å². The van der Waals surface area contributed by atoms with Gasteiger partial charge in [-0.2, -0.15) is 0 Å². The zero-order valence-corrected chi connectivity index (χ0v) is 12.5. The molecule has 0 atom stereocenters. The molecule has 0 spiro atoms. The lowest BCUT2D eigenvalue weighted by Crippen LogP contribution is -2.12. The Morgan fingerprint density at radius 1 is 1.18 bits per heavy atom. The third kappa shape index (κ3) is 3.14. The number of aryl methyl sites for hydroxylation is 1. The number of benzene rings is 2. The van der Waals surface area contributed by atoms with Gasteiger partial charge < -0.3 is 0 Å². The number of nitrogens with one attached hydrogen (secondary N) is 1. The van der Waals surface area contributed by atoms with Gasteiger partial charge in [-0.1, -0.05) is 31.5 Å². The average Bonchev–Trinajstić information content (AvgIpc) is 2.51. The minimum absolute atomic E-state index is 0.149. The fraction of sp³-hybridized carbons (Fsp3) is 0.235. The number of ketones is 1. The lowest BCUT2D eigenvalue weighted by Gasteiger charge is -2.12. The second kappa shape index (κ2) is 7.13. The highest BCUT2D eigenvalue weighted by atomic mass is 19.1. The molecule has 0 aliphatic carbocycles. The highest BCUT2D eigenvalue weighted by Gasteiger charge is 2.23. The summed E-state index contributed by atoms with van der Waals surface area (Å²) < 4.78 is 28.5. The van der Waals surface area contributed by atoms with E-state index in [2.05, 4.69) is 5.48 Å². The van der Waals surface area contributed by atoms with E-state index in [1.54, 1.807) is 18.2 Å². The third-order valence-corrected chi connectivity index (χ3v) is 3.30. The molecule has 0 heterocycles. The van der Waals surface area contributed by atoms with Crippen LogP contribution in [0.1, 0.15) is 34.8 Å². The van der Waals surface area contributed by atoms with E-state index < -0.39 is 23.0 Å². The first-order chi connectivity index (χ1) is 10.6. The van der Waals surface area contributed by atoms with E-state index in [9.17, 15) is 13.6 Å².